The Labute approximate surface area is 214 Å². The Kier molecular flexibility index (Phi) is 10.6. The molecular formula is C27H30N2O8. The van der Waals surface area contributed by atoms with Crippen LogP contribution in [0.15, 0.2) is 60.4 Å². The molecule has 2 rings (SSSR count). The second kappa shape index (κ2) is 13.6. The third kappa shape index (κ3) is 8.95. The Morgan fingerprint density at radius 2 is 1.19 bits per heavy atom. The molecule has 0 aliphatic rings. The molecule has 0 fully saturated rings. The van der Waals surface area contributed by atoms with Crippen LogP contribution < -0.4 is 30.4 Å². The Morgan fingerprint density at radius 3 is 1.59 bits per heavy atom. The molecule has 0 aliphatic heterocycles. The zero-order valence-electron chi connectivity index (χ0n) is 21.0. The summed E-state index contributed by atoms with van der Waals surface area (Å²) in [6.45, 7) is 3.01. The van der Waals surface area contributed by atoms with Gasteiger partial charge in [-0.25, -0.2) is 9.59 Å². The van der Waals surface area contributed by atoms with E-state index < -0.39 is 29.8 Å². The Hall–Kier alpha value is -4.41. The van der Waals surface area contributed by atoms with Gasteiger partial charge in [-0.1, -0.05) is 24.3 Å². The molecule has 0 amide bonds. The van der Waals surface area contributed by atoms with Crippen LogP contribution in [-0.4, -0.2) is 49.1 Å². The molecule has 0 aliphatic carbocycles. The molecule has 2 aromatic rings. The lowest BCUT2D eigenvalue weighted by atomic mass is 10.1. The fourth-order valence-corrected chi connectivity index (χ4v) is 2.75. The summed E-state index contributed by atoms with van der Waals surface area (Å²) < 4.78 is 20.8. The van der Waals surface area contributed by atoms with Crippen LogP contribution in [0.3, 0.4) is 0 Å². The van der Waals surface area contributed by atoms with Crippen molar-refractivity contribution in [2.24, 2.45) is 11.5 Å². The lowest BCUT2D eigenvalue weighted by Crippen LogP contribution is -2.30. The van der Waals surface area contributed by atoms with Crippen molar-refractivity contribution in [1.29, 1.82) is 0 Å². The topological polar surface area (TPSA) is 160 Å². The molecule has 5 N–H and O–H groups in total. The lowest BCUT2D eigenvalue weighted by molar-refractivity contribution is -0.136. The maximum atomic E-state index is 12.2. The van der Waals surface area contributed by atoms with Crippen molar-refractivity contribution < 1.29 is 38.4 Å². The Morgan fingerprint density at radius 1 is 0.757 bits per heavy atom. The molecule has 10 heteroatoms. The van der Waals surface area contributed by atoms with Crippen LogP contribution in [0.5, 0.6) is 23.0 Å². The first-order valence-electron chi connectivity index (χ1n) is 11.2. The van der Waals surface area contributed by atoms with Gasteiger partial charge in [-0.3, -0.25) is 4.79 Å². The highest BCUT2D eigenvalue weighted by molar-refractivity contribution is 6.02. The van der Waals surface area contributed by atoms with E-state index in [9.17, 15) is 19.5 Å². The summed E-state index contributed by atoms with van der Waals surface area (Å²) >= 11 is 0. The van der Waals surface area contributed by atoms with Gasteiger partial charge in [0.2, 0.25) is 0 Å². The third-order valence-electron chi connectivity index (χ3n) is 4.72. The molecule has 0 saturated carbocycles. The number of methoxy groups -OCH3 is 2. The minimum absolute atomic E-state index is 0.202. The van der Waals surface area contributed by atoms with Crippen LogP contribution in [0.2, 0.25) is 0 Å². The van der Waals surface area contributed by atoms with Gasteiger partial charge in [-0.2, -0.15) is 0 Å². The molecule has 0 radical (unpaired) electrons. The summed E-state index contributed by atoms with van der Waals surface area (Å²) in [6.07, 6.45) is 6.70. The summed E-state index contributed by atoms with van der Waals surface area (Å²) in [5, 5.41) is 10.1. The molecule has 2 aromatic carbocycles. The number of carbonyl (C=O) groups excluding carboxylic acids is 3. The third-order valence-corrected chi connectivity index (χ3v) is 4.72. The van der Waals surface area contributed by atoms with Gasteiger partial charge in [0.05, 0.1) is 14.2 Å². The number of rotatable bonds is 11. The van der Waals surface area contributed by atoms with Crippen molar-refractivity contribution in [2.45, 2.75) is 25.9 Å². The zero-order chi connectivity index (χ0) is 27.5. The minimum atomic E-state index is -0.790. The average molecular weight is 511 g/mol. The van der Waals surface area contributed by atoms with Gasteiger partial charge in [0, 0.05) is 6.08 Å². The zero-order valence-corrected chi connectivity index (χ0v) is 21.0. The van der Waals surface area contributed by atoms with E-state index in [-0.39, 0.29) is 17.3 Å². The second-order valence-corrected chi connectivity index (χ2v) is 7.88. The van der Waals surface area contributed by atoms with Crippen molar-refractivity contribution >= 4 is 29.9 Å². The van der Waals surface area contributed by atoms with E-state index in [0.717, 1.165) is 6.08 Å². The number of carbonyl (C=O) groups is 3. The second-order valence-electron chi connectivity index (χ2n) is 7.88. The van der Waals surface area contributed by atoms with Gasteiger partial charge >= 0.3 is 11.9 Å². The number of allylic oxidation sites excluding steroid dienone is 3. The van der Waals surface area contributed by atoms with E-state index in [1.807, 2.05) is 0 Å². The largest absolute Gasteiger partial charge is 0.508 e. The number of benzene rings is 2. The van der Waals surface area contributed by atoms with Crippen LogP contribution in [0, 0.1) is 0 Å². The van der Waals surface area contributed by atoms with Crippen molar-refractivity contribution in [1.82, 2.24) is 0 Å². The molecular weight excluding hydrogens is 480 g/mol. The first-order chi connectivity index (χ1) is 17.5. The van der Waals surface area contributed by atoms with Crippen molar-refractivity contribution in [3.05, 3.63) is 71.5 Å². The molecule has 0 heterocycles. The molecule has 2 atom stereocenters. The van der Waals surface area contributed by atoms with E-state index in [0.29, 0.717) is 22.6 Å². The highest BCUT2D eigenvalue weighted by atomic mass is 16.6. The lowest BCUT2D eigenvalue weighted by Gasteiger charge is -2.11. The molecule has 0 bridgehead atoms. The van der Waals surface area contributed by atoms with Gasteiger partial charge < -0.3 is 35.5 Å². The minimum Gasteiger partial charge on any atom is -0.508 e. The van der Waals surface area contributed by atoms with Crippen molar-refractivity contribution in [3.8, 4) is 23.0 Å². The van der Waals surface area contributed by atoms with Gasteiger partial charge in [-0.05, 0) is 61.4 Å². The quantitative estimate of drug-likeness (QED) is 0.135. The fourth-order valence-electron chi connectivity index (χ4n) is 2.75. The molecule has 0 unspecified atom stereocenters. The van der Waals surface area contributed by atoms with Crippen molar-refractivity contribution in [3.63, 3.8) is 0 Å². The fraction of sp³-hybridized carbons (Fsp3) is 0.222. The number of hydrogen-bond donors (Lipinski definition) is 3. The maximum absolute atomic E-state index is 12.2. The number of esters is 2. The Bertz CT molecular complexity index is 1230. The normalized spacial score (nSPS) is 13.3. The van der Waals surface area contributed by atoms with Gasteiger partial charge in [0.25, 0.3) is 0 Å². The highest BCUT2D eigenvalue weighted by Crippen LogP contribution is 2.30. The van der Waals surface area contributed by atoms with Crippen LogP contribution in [0.25, 0.3) is 12.2 Å². The molecule has 10 nitrogen and oxygen atoms in total. The van der Waals surface area contributed by atoms with Crippen LogP contribution in [-0.2, 0) is 14.4 Å². The van der Waals surface area contributed by atoms with E-state index >= 15 is 0 Å². The van der Waals surface area contributed by atoms with Gasteiger partial charge in [-0.15, -0.1) is 0 Å². The van der Waals surface area contributed by atoms with E-state index in [2.05, 4.69) is 0 Å². The number of ether oxygens (including phenoxy) is 4. The van der Waals surface area contributed by atoms with Crippen molar-refractivity contribution in [2.75, 3.05) is 14.2 Å². The number of hydrogen-bond acceptors (Lipinski definition) is 10. The Balaban J connectivity index is 2.08. The first-order valence-corrected chi connectivity index (χ1v) is 11.2. The van der Waals surface area contributed by atoms with Gasteiger partial charge in [0.15, 0.2) is 28.8 Å². The molecule has 37 heavy (non-hydrogen) atoms. The standard InChI is InChI=1S/C27H30N2O8/c1-16(28)26(32)36-22-11-7-18(13-24(22)34-3)5-9-20(30)15-21(31)10-6-19-8-12-23(25(14-19)35-4)37-27(33)17(2)29/h5-17,30H,28-29H2,1-4H3/b9-5+,10-6+,20-15?/t16-,17-/m1/s1. The monoisotopic (exact) mass is 510 g/mol. The van der Waals surface area contributed by atoms with Gasteiger partial charge in [0.1, 0.15) is 17.8 Å². The number of ketones is 1. The summed E-state index contributed by atoms with van der Waals surface area (Å²) in [6, 6.07) is 7.92. The average Bonchev–Trinajstić information content (AvgIpc) is 2.87. The first kappa shape index (κ1) is 28.8. The highest BCUT2D eigenvalue weighted by Gasteiger charge is 2.15. The smallest absolute Gasteiger partial charge is 0.328 e. The summed E-state index contributed by atoms with van der Waals surface area (Å²) in [7, 11) is 2.84. The number of aliphatic hydroxyl groups is 1. The van der Waals surface area contributed by atoms with E-state index in [4.69, 9.17) is 30.4 Å². The number of nitrogens with two attached hydrogens (primary N) is 2. The van der Waals surface area contributed by atoms with Crippen LogP contribution in [0.4, 0.5) is 0 Å². The predicted molar refractivity (Wildman–Crippen MR) is 138 cm³/mol. The predicted octanol–water partition coefficient (Wildman–Crippen LogP) is 2.95. The van der Waals surface area contributed by atoms with Crippen LogP contribution in [0.1, 0.15) is 25.0 Å². The van der Waals surface area contributed by atoms with E-state index in [1.54, 1.807) is 30.3 Å². The number of aliphatic hydroxyl groups excluding tert-OH is 1. The molecule has 0 saturated heterocycles. The molecule has 0 spiro atoms. The van der Waals surface area contributed by atoms with E-state index in [1.165, 1.54) is 58.4 Å². The SMILES string of the molecule is COc1cc(/C=C/C(=O)C=C(O)/C=C/c2ccc(OC(=O)[C@@H](C)N)c(OC)c2)ccc1OC(=O)[C@@H](C)N. The maximum Gasteiger partial charge on any atom is 0.328 e. The van der Waals surface area contributed by atoms with Crippen LogP contribution >= 0.6 is 0 Å². The summed E-state index contributed by atoms with van der Waals surface area (Å²) in [5.74, 6) is -0.962. The summed E-state index contributed by atoms with van der Waals surface area (Å²) in [4.78, 5) is 35.7. The molecule has 196 valence electrons. The summed E-state index contributed by atoms with van der Waals surface area (Å²) in [5.41, 5.74) is 12.2. The molecule has 0 aromatic heterocycles.